The highest BCUT2D eigenvalue weighted by atomic mass is 79.9. The van der Waals surface area contributed by atoms with Gasteiger partial charge in [0.1, 0.15) is 0 Å². The van der Waals surface area contributed by atoms with Gasteiger partial charge in [-0.05, 0) is 47.7 Å². The van der Waals surface area contributed by atoms with Crippen molar-refractivity contribution in [2.75, 3.05) is 0 Å². The molecule has 0 saturated heterocycles. The minimum atomic E-state index is -0.257. The third-order valence-corrected chi connectivity index (χ3v) is 6.02. The van der Waals surface area contributed by atoms with Gasteiger partial charge in [0.25, 0.3) is 0 Å². The lowest BCUT2D eigenvalue weighted by Gasteiger charge is -2.22. The van der Waals surface area contributed by atoms with Crippen molar-refractivity contribution in [3.8, 4) is 0 Å². The Morgan fingerprint density at radius 1 is 1.41 bits per heavy atom. The van der Waals surface area contributed by atoms with Gasteiger partial charge in [-0.1, -0.05) is 32.1 Å². The van der Waals surface area contributed by atoms with Crippen LogP contribution in [-0.2, 0) is 0 Å². The molecule has 1 aromatic rings. The van der Waals surface area contributed by atoms with Crippen molar-refractivity contribution in [1.29, 1.82) is 0 Å². The summed E-state index contributed by atoms with van der Waals surface area (Å²) in [7, 11) is 0. The zero-order valence-corrected chi connectivity index (χ0v) is 12.8. The number of hydrogen-bond acceptors (Lipinski definition) is 2. The van der Waals surface area contributed by atoms with Crippen LogP contribution in [0.4, 0.5) is 0 Å². The number of aliphatic hydroxyl groups is 1. The number of aryl methyl sites for hydroxylation is 1. The van der Waals surface area contributed by atoms with E-state index in [1.54, 1.807) is 11.3 Å². The molecule has 1 aromatic heterocycles. The first kappa shape index (κ1) is 13.6. The first-order chi connectivity index (χ1) is 8.16. The molecular formula is C14H21BrOS. The Balaban J connectivity index is 1.82. The summed E-state index contributed by atoms with van der Waals surface area (Å²) in [6, 6.07) is 2.07. The summed E-state index contributed by atoms with van der Waals surface area (Å²) in [6.07, 6.45) is 8.81. The van der Waals surface area contributed by atoms with E-state index >= 15 is 0 Å². The number of thiophene rings is 1. The third-order valence-electron chi connectivity index (χ3n) is 3.78. The lowest BCUT2D eigenvalue weighted by atomic mass is 9.85. The topological polar surface area (TPSA) is 20.2 Å². The molecule has 0 spiro atoms. The van der Waals surface area contributed by atoms with Gasteiger partial charge in [-0.2, -0.15) is 0 Å². The van der Waals surface area contributed by atoms with Gasteiger partial charge in [0.15, 0.2) is 0 Å². The summed E-state index contributed by atoms with van der Waals surface area (Å²) in [6.45, 7) is 2.09. The van der Waals surface area contributed by atoms with Crippen LogP contribution in [0.25, 0.3) is 0 Å². The van der Waals surface area contributed by atoms with Gasteiger partial charge < -0.3 is 5.11 Å². The van der Waals surface area contributed by atoms with Crippen molar-refractivity contribution < 1.29 is 5.11 Å². The summed E-state index contributed by atoms with van der Waals surface area (Å²) in [5, 5.41) is 10.2. The molecule has 1 heterocycles. The molecule has 2 rings (SSSR count). The Labute approximate surface area is 116 Å². The number of halogens is 1. The van der Waals surface area contributed by atoms with Crippen molar-refractivity contribution in [3.05, 3.63) is 20.3 Å². The molecule has 0 bridgehead atoms. The van der Waals surface area contributed by atoms with E-state index in [1.165, 1.54) is 43.4 Å². The van der Waals surface area contributed by atoms with Crippen LogP contribution >= 0.6 is 27.3 Å². The minimum Gasteiger partial charge on any atom is -0.388 e. The van der Waals surface area contributed by atoms with Crippen molar-refractivity contribution in [2.24, 2.45) is 5.92 Å². The largest absolute Gasteiger partial charge is 0.388 e. The van der Waals surface area contributed by atoms with E-state index in [9.17, 15) is 5.11 Å². The van der Waals surface area contributed by atoms with E-state index in [0.29, 0.717) is 0 Å². The molecule has 3 heteroatoms. The zero-order valence-electron chi connectivity index (χ0n) is 10.4. The quantitative estimate of drug-likeness (QED) is 0.808. The molecule has 0 aromatic carbocycles. The fourth-order valence-corrected chi connectivity index (χ4v) is 4.24. The van der Waals surface area contributed by atoms with Crippen LogP contribution in [0.15, 0.2) is 10.5 Å². The highest BCUT2D eigenvalue weighted by Gasteiger charge is 2.17. The zero-order chi connectivity index (χ0) is 12.3. The van der Waals surface area contributed by atoms with Crippen LogP contribution < -0.4 is 0 Å². The third kappa shape index (κ3) is 3.80. The normalized spacial score (nSPS) is 19.5. The predicted molar refractivity (Wildman–Crippen MR) is 77.5 cm³/mol. The fraction of sp³-hybridized carbons (Fsp3) is 0.714. The molecule has 0 aliphatic heterocycles. The average Bonchev–Trinajstić information content (AvgIpc) is 2.68. The van der Waals surface area contributed by atoms with Crippen molar-refractivity contribution in [2.45, 2.75) is 58.0 Å². The first-order valence-electron chi connectivity index (χ1n) is 6.60. The maximum atomic E-state index is 10.2. The summed E-state index contributed by atoms with van der Waals surface area (Å²) < 4.78 is 1.13. The van der Waals surface area contributed by atoms with Gasteiger partial charge >= 0.3 is 0 Å². The highest BCUT2D eigenvalue weighted by molar-refractivity contribution is 9.10. The van der Waals surface area contributed by atoms with Crippen LogP contribution in [0.3, 0.4) is 0 Å². The molecule has 1 aliphatic rings. The van der Waals surface area contributed by atoms with Gasteiger partial charge in [0, 0.05) is 14.2 Å². The smallest absolute Gasteiger partial charge is 0.0882 e. The number of aliphatic hydroxyl groups excluding tert-OH is 1. The Hall–Kier alpha value is 0.140. The molecule has 1 nitrogen and oxygen atoms in total. The van der Waals surface area contributed by atoms with Crippen molar-refractivity contribution >= 4 is 27.3 Å². The Morgan fingerprint density at radius 3 is 2.71 bits per heavy atom. The molecule has 17 heavy (non-hydrogen) atoms. The maximum absolute atomic E-state index is 10.2. The van der Waals surface area contributed by atoms with Crippen LogP contribution in [0.5, 0.6) is 0 Å². The molecule has 1 atom stereocenters. The maximum Gasteiger partial charge on any atom is 0.0882 e. The minimum absolute atomic E-state index is 0.257. The number of hydrogen-bond donors (Lipinski definition) is 1. The van der Waals surface area contributed by atoms with E-state index in [-0.39, 0.29) is 6.10 Å². The summed E-state index contributed by atoms with van der Waals surface area (Å²) in [5.41, 5.74) is 0. The van der Waals surface area contributed by atoms with Crippen LogP contribution in [0.1, 0.15) is 60.8 Å². The second-order valence-electron chi connectivity index (χ2n) is 5.15. The van der Waals surface area contributed by atoms with Gasteiger partial charge in [-0.15, -0.1) is 11.3 Å². The van der Waals surface area contributed by atoms with Crippen LogP contribution in [-0.4, -0.2) is 5.11 Å². The van der Waals surface area contributed by atoms with E-state index in [0.717, 1.165) is 21.7 Å². The Morgan fingerprint density at radius 2 is 2.12 bits per heavy atom. The van der Waals surface area contributed by atoms with Crippen molar-refractivity contribution in [1.82, 2.24) is 0 Å². The average molecular weight is 317 g/mol. The molecule has 0 amide bonds. The molecule has 1 saturated carbocycles. The van der Waals surface area contributed by atoms with E-state index in [1.807, 2.05) is 0 Å². The summed E-state index contributed by atoms with van der Waals surface area (Å²) >= 11 is 5.22. The van der Waals surface area contributed by atoms with E-state index in [4.69, 9.17) is 0 Å². The number of rotatable bonds is 4. The lowest BCUT2D eigenvalue weighted by Crippen LogP contribution is -2.08. The summed E-state index contributed by atoms with van der Waals surface area (Å²) in [5.74, 6) is 0.864. The first-order valence-corrected chi connectivity index (χ1v) is 8.21. The second-order valence-corrected chi connectivity index (χ2v) is 7.29. The SMILES string of the molecule is Cc1sc(C(O)CCC2CCCCC2)cc1Br. The van der Waals surface area contributed by atoms with Gasteiger partial charge in [-0.3, -0.25) is 0 Å². The molecule has 0 radical (unpaired) electrons. The second kappa shape index (κ2) is 6.35. The lowest BCUT2D eigenvalue weighted by molar-refractivity contribution is 0.154. The monoisotopic (exact) mass is 316 g/mol. The van der Waals surface area contributed by atoms with Gasteiger partial charge in [-0.25, -0.2) is 0 Å². The predicted octanol–water partition coefficient (Wildman–Crippen LogP) is 5.21. The Bertz CT molecular complexity index is 336. The molecule has 96 valence electrons. The molecule has 1 N–H and O–H groups in total. The van der Waals surface area contributed by atoms with Crippen molar-refractivity contribution in [3.63, 3.8) is 0 Å². The molecule has 1 fully saturated rings. The molecule has 1 unspecified atom stereocenters. The van der Waals surface area contributed by atoms with E-state index < -0.39 is 0 Å². The standard InChI is InChI=1S/C14H21BrOS/c1-10-12(15)9-14(17-10)13(16)8-7-11-5-3-2-4-6-11/h9,11,13,16H,2-8H2,1H3. The van der Waals surface area contributed by atoms with Gasteiger partial charge in [0.2, 0.25) is 0 Å². The summed E-state index contributed by atoms with van der Waals surface area (Å²) in [4.78, 5) is 2.38. The highest BCUT2D eigenvalue weighted by Crippen LogP contribution is 2.35. The van der Waals surface area contributed by atoms with Crippen LogP contribution in [0.2, 0.25) is 0 Å². The van der Waals surface area contributed by atoms with E-state index in [2.05, 4.69) is 28.9 Å². The molecule has 1 aliphatic carbocycles. The van der Waals surface area contributed by atoms with Gasteiger partial charge in [0.05, 0.1) is 6.10 Å². The Kier molecular flexibility index (Phi) is 5.07. The fourth-order valence-electron chi connectivity index (χ4n) is 2.66. The molecular weight excluding hydrogens is 296 g/mol. The van der Waals surface area contributed by atoms with Crippen LogP contribution in [0, 0.1) is 12.8 Å².